The van der Waals surface area contributed by atoms with Crippen molar-refractivity contribution in [3.8, 4) is 0 Å². The molecule has 0 unspecified atom stereocenters. The van der Waals surface area contributed by atoms with Gasteiger partial charge in [-0.2, -0.15) is 0 Å². The lowest BCUT2D eigenvalue weighted by Crippen LogP contribution is -2.08. The highest BCUT2D eigenvalue weighted by atomic mass is 35.5. The molecule has 0 fully saturated rings. The van der Waals surface area contributed by atoms with Crippen LogP contribution in [0.1, 0.15) is 18.1 Å². The molecule has 23 heavy (non-hydrogen) atoms. The molecule has 7 heteroatoms. The van der Waals surface area contributed by atoms with Gasteiger partial charge in [0.2, 0.25) is 5.91 Å². The maximum absolute atomic E-state index is 13.3. The molecule has 0 saturated carbocycles. The van der Waals surface area contributed by atoms with Crippen LogP contribution in [0.25, 0.3) is 0 Å². The Hall–Kier alpha value is -1.85. The molecule has 0 spiro atoms. The number of anilines is 2. The molecule has 0 aliphatic rings. The summed E-state index contributed by atoms with van der Waals surface area (Å²) >= 11 is 11.2. The van der Waals surface area contributed by atoms with Gasteiger partial charge in [-0.3, -0.25) is 4.79 Å². The number of rotatable bonds is 1. The fourth-order valence-corrected chi connectivity index (χ4v) is 1.96. The Morgan fingerprint density at radius 3 is 1.96 bits per heavy atom. The number of nitrogens with one attached hydrogen (secondary N) is 1. The van der Waals surface area contributed by atoms with Gasteiger partial charge in [0.15, 0.2) is 11.6 Å². The van der Waals surface area contributed by atoms with Crippen molar-refractivity contribution in [3.63, 3.8) is 0 Å². The lowest BCUT2D eigenvalue weighted by molar-refractivity contribution is -0.114. The third-order valence-electron chi connectivity index (χ3n) is 2.90. The Labute approximate surface area is 143 Å². The Bertz CT molecular complexity index is 710. The molecule has 0 aliphatic heterocycles. The maximum Gasteiger partial charge on any atom is 0.221 e. The first-order valence-corrected chi connectivity index (χ1v) is 7.33. The van der Waals surface area contributed by atoms with E-state index in [0.717, 1.165) is 0 Å². The van der Waals surface area contributed by atoms with E-state index in [0.29, 0.717) is 11.1 Å². The van der Waals surface area contributed by atoms with Crippen LogP contribution in [0.2, 0.25) is 10.0 Å². The minimum Gasteiger partial charge on any atom is -0.395 e. The van der Waals surface area contributed by atoms with E-state index in [-0.39, 0.29) is 27.3 Å². The van der Waals surface area contributed by atoms with E-state index >= 15 is 0 Å². The standard InChI is InChI=1S/C9H9ClFNO.C7H7ClFN/c1-5-3-4-7(10)9(8(5)11)12-6(2)13;1-4-2-3-5(8)7(10)6(4)9/h3-4H,1-2H3,(H,12,13);2-3H,10H2,1H3. The van der Waals surface area contributed by atoms with Crippen molar-refractivity contribution in [1.29, 1.82) is 0 Å². The molecule has 0 aromatic heterocycles. The molecule has 3 nitrogen and oxygen atoms in total. The monoisotopic (exact) mass is 360 g/mol. The zero-order valence-corrected chi connectivity index (χ0v) is 14.3. The van der Waals surface area contributed by atoms with Crippen LogP contribution >= 0.6 is 23.2 Å². The molecule has 2 aromatic carbocycles. The van der Waals surface area contributed by atoms with Gasteiger partial charge in [-0.25, -0.2) is 8.78 Å². The second-order valence-corrected chi connectivity index (χ2v) is 5.64. The minimum atomic E-state index is -0.484. The number of carbonyl (C=O) groups is 1. The van der Waals surface area contributed by atoms with Crippen LogP contribution in [-0.4, -0.2) is 5.91 Å². The molecule has 2 aromatic rings. The van der Waals surface area contributed by atoms with Gasteiger partial charge in [0.05, 0.1) is 21.4 Å². The van der Waals surface area contributed by atoms with Crippen molar-refractivity contribution in [2.24, 2.45) is 0 Å². The summed E-state index contributed by atoms with van der Waals surface area (Å²) < 4.78 is 26.1. The molecule has 0 atom stereocenters. The fourth-order valence-electron chi connectivity index (χ4n) is 1.63. The van der Waals surface area contributed by atoms with Gasteiger partial charge >= 0.3 is 0 Å². The summed E-state index contributed by atoms with van der Waals surface area (Å²) in [7, 11) is 0. The normalized spacial score (nSPS) is 9.87. The zero-order chi connectivity index (χ0) is 17.7. The highest BCUT2D eigenvalue weighted by molar-refractivity contribution is 6.33. The Morgan fingerprint density at radius 2 is 1.48 bits per heavy atom. The molecule has 0 heterocycles. The van der Waals surface area contributed by atoms with E-state index in [9.17, 15) is 13.6 Å². The summed E-state index contributed by atoms with van der Waals surface area (Å²) in [5, 5.41) is 2.81. The second-order valence-electron chi connectivity index (χ2n) is 4.83. The summed E-state index contributed by atoms with van der Waals surface area (Å²) in [6, 6.07) is 6.28. The van der Waals surface area contributed by atoms with E-state index < -0.39 is 11.6 Å². The molecular formula is C16H16Cl2F2N2O. The summed E-state index contributed by atoms with van der Waals surface area (Å²) in [6.45, 7) is 4.55. The molecule has 1 amide bonds. The quantitative estimate of drug-likeness (QED) is 0.693. The first-order valence-electron chi connectivity index (χ1n) is 6.57. The number of hydrogen-bond acceptors (Lipinski definition) is 2. The summed E-state index contributed by atoms with van der Waals surface area (Å²) in [5.41, 5.74) is 6.32. The molecule has 0 saturated heterocycles. The zero-order valence-electron chi connectivity index (χ0n) is 12.8. The number of halogens is 4. The Kier molecular flexibility index (Phi) is 6.79. The lowest BCUT2D eigenvalue weighted by Gasteiger charge is -2.07. The first kappa shape index (κ1) is 19.2. The Balaban J connectivity index is 0.000000238. The lowest BCUT2D eigenvalue weighted by atomic mass is 10.2. The van der Waals surface area contributed by atoms with E-state index in [1.54, 1.807) is 38.1 Å². The van der Waals surface area contributed by atoms with Crippen LogP contribution in [0, 0.1) is 25.5 Å². The predicted octanol–water partition coefficient (Wildman–Crippen LogP) is 5.12. The van der Waals surface area contributed by atoms with Crippen LogP contribution in [0.5, 0.6) is 0 Å². The molecule has 3 N–H and O–H groups in total. The van der Waals surface area contributed by atoms with Crippen LogP contribution in [0.15, 0.2) is 24.3 Å². The SMILES string of the molecule is CC(=O)Nc1c(Cl)ccc(C)c1F.Cc1ccc(Cl)c(N)c1F. The predicted molar refractivity (Wildman–Crippen MR) is 91.0 cm³/mol. The topological polar surface area (TPSA) is 55.1 Å². The van der Waals surface area contributed by atoms with Crippen molar-refractivity contribution in [3.05, 3.63) is 57.1 Å². The highest BCUT2D eigenvalue weighted by Gasteiger charge is 2.10. The summed E-state index contributed by atoms with van der Waals surface area (Å²) in [6.07, 6.45) is 0. The first-order chi connectivity index (χ1) is 10.6. The van der Waals surface area contributed by atoms with Gasteiger partial charge in [-0.15, -0.1) is 0 Å². The smallest absolute Gasteiger partial charge is 0.221 e. The summed E-state index contributed by atoms with van der Waals surface area (Å²) in [5.74, 6) is -1.25. The molecule has 0 radical (unpaired) electrons. The van der Waals surface area contributed by atoms with Gasteiger partial charge < -0.3 is 11.1 Å². The van der Waals surface area contributed by atoms with Crippen LogP contribution in [0.3, 0.4) is 0 Å². The van der Waals surface area contributed by atoms with Gasteiger partial charge in [0.25, 0.3) is 0 Å². The third-order valence-corrected chi connectivity index (χ3v) is 3.55. The highest BCUT2D eigenvalue weighted by Crippen LogP contribution is 2.27. The number of carbonyl (C=O) groups excluding carboxylic acids is 1. The van der Waals surface area contributed by atoms with Crippen molar-refractivity contribution in [2.45, 2.75) is 20.8 Å². The van der Waals surface area contributed by atoms with E-state index in [2.05, 4.69) is 5.32 Å². The van der Waals surface area contributed by atoms with Crippen molar-refractivity contribution >= 4 is 40.5 Å². The molecule has 124 valence electrons. The molecule has 2 rings (SSSR count). The van der Waals surface area contributed by atoms with E-state index in [1.807, 2.05) is 0 Å². The second kappa shape index (κ2) is 8.13. The summed E-state index contributed by atoms with van der Waals surface area (Å²) in [4.78, 5) is 10.7. The third kappa shape index (κ3) is 5.08. The average molecular weight is 361 g/mol. The largest absolute Gasteiger partial charge is 0.395 e. The fraction of sp³-hybridized carbons (Fsp3) is 0.188. The van der Waals surface area contributed by atoms with Crippen LogP contribution < -0.4 is 11.1 Å². The van der Waals surface area contributed by atoms with Gasteiger partial charge in [0, 0.05) is 6.92 Å². The number of aryl methyl sites for hydroxylation is 2. The average Bonchev–Trinajstić information content (AvgIpc) is 2.50. The van der Waals surface area contributed by atoms with Crippen LogP contribution in [-0.2, 0) is 4.79 Å². The van der Waals surface area contributed by atoms with Gasteiger partial charge in [-0.1, -0.05) is 35.3 Å². The number of nitrogen functional groups attached to an aromatic ring is 1. The van der Waals surface area contributed by atoms with Crippen LogP contribution in [0.4, 0.5) is 20.2 Å². The van der Waals surface area contributed by atoms with E-state index in [1.165, 1.54) is 6.92 Å². The maximum atomic E-state index is 13.3. The van der Waals surface area contributed by atoms with Crippen molar-refractivity contribution < 1.29 is 13.6 Å². The Morgan fingerprint density at radius 1 is 1.00 bits per heavy atom. The molecule has 0 aliphatic carbocycles. The number of benzene rings is 2. The van der Waals surface area contributed by atoms with Gasteiger partial charge in [0.1, 0.15) is 0 Å². The van der Waals surface area contributed by atoms with E-state index in [4.69, 9.17) is 28.9 Å². The van der Waals surface area contributed by atoms with Crippen molar-refractivity contribution in [1.82, 2.24) is 0 Å². The van der Waals surface area contributed by atoms with Crippen molar-refractivity contribution in [2.75, 3.05) is 11.1 Å². The molecular weight excluding hydrogens is 345 g/mol. The number of amides is 1. The minimum absolute atomic E-state index is 0.0293. The molecule has 0 bridgehead atoms. The number of hydrogen-bond donors (Lipinski definition) is 2. The van der Waals surface area contributed by atoms with Gasteiger partial charge in [-0.05, 0) is 37.1 Å². The number of nitrogens with two attached hydrogens (primary N) is 1.